The van der Waals surface area contributed by atoms with Crippen molar-refractivity contribution >= 4 is 11.9 Å². The van der Waals surface area contributed by atoms with Crippen LogP contribution in [0.25, 0.3) is 11.4 Å². The lowest BCUT2D eigenvalue weighted by molar-refractivity contribution is 0.179. The van der Waals surface area contributed by atoms with Crippen LogP contribution in [-0.4, -0.2) is 34.9 Å². The number of benzene rings is 1. The Morgan fingerprint density at radius 2 is 2.04 bits per heavy atom. The number of cyclic esters (lactones) is 1. The topological polar surface area (TPSA) is 56.6 Å². The van der Waals surface area contributed by atoms with E-state index >= 15 is 0 Å². The molecule has 1 fully saturated rings. The molecule has 1 atom stereocenters. The third-order valence-corrected chi connectivity index (χ3v) is 4.06. The van der Waals surface area contributed by atoms with Gasteiger partial charge in [0.25, 0.3) is 0 Å². The van der Waals surface area contributed by atoms with E-state index in [4.69, 9.17) is 9.47 Å². The number of hydrogen-bond acceptors (Lipinski definition) is 4. The zero-order chi connectivity index (χ0) is 17.3. The fourth-order valence-electron chi connectivity index (χ4n) is 2.93. The number of aromatic nitrogens is 2. The Balaban J connectivity index is 0.000000815. The average molecular weight is 329 g/mol. The molecule has 6 nitrogen and oxygen atoms in total. The van der Waals surface area contributed by atoms with Gasteiger partial charge in [0.2, 0.25) is 0 Å². The molecule has 0 radical (unpaired) electrons. The van der Waals surface area contributed by atoms with Crippen LogP contribution < -0.4 is 9.64 Å². The average Bonchev–Trinajstić information content (AvgIpc) is 3.08. The number of aryl methyl sites for hydroxylation is 1. The van der Waals surface area contributed by atoms with Crippen LogP contribution in [0.5, 0.6) is 5.75 Å². The van der Waals surface area contributed by atoms with Crippen LogP contribution in [0.2, 0.25) is 0 Å². The Labute approximate surface area is 142 Å². The van der Waals surface area contributed by atoms with Crippen molar-refractivity contribution in [1.29, 1.82) is 0 Å². The van der Waals surface area contributed by atoms with Crippen LogP contribution in [0.15, 0.2) is 24.4 Å². The molecule has 6 heteroatoms. The highest BCUT2D eigenvalue weighted by molar-refractivity contribution is 5.89. The van der Waals surface area contributed by atoms with Crippen molar-refractivity contribution in [3.05, 3.63) is 30.0 Å². The first-order chi connectivity index (χ1) is 11.6. The highest BCUT2D eigenvalue weighted by Crippen LogP contribution is 2.35. The van der Waals surface area contributed by atoms with E-state index in [1.54, 1.807) is 4.90 Å². The SMILES string of the molecule is CC.Cc1ccc2c(c1)OCCn1cc(N3C(=O)OC[C@H]3C)nc1-2. The number of ether oxygens (including phenoxy) is 2. The Hall–Kier alpha value is -2.50. The zero-order valence-corrected chi connectivity index (χ0v) is 14.6. The Morgan fingerprint density at radius 1 is 1.25 bits per heavy atom. The van der Waals surface area contributed by atoms with Crippen molar-refractivity contribution < 1.29 is 14.3 Å². The van der Waals surface area contributed by atoms with Gasteiger partial charge in [0.15, 0.2) is 5.82 Å². The van der Waals surface area contributed by atoms with Gasteiger partial charge in [0.1, 0.15) is 24.8 Å². The summed E-state index contributed by atoms with van der Waals surface area (Å²) in [5.74, 6) is 2.31. The smallest absolute Gasteiger partial charge is 0.415 e. The van der Waals surface area contributed by atoms with Gasteiger partial charge in [-0.25, -0.2) is 9.78 Å². The molecule has 0 unspecified atom stereocenters. The molecule has 0 aliphatic carbocycles. The van der Waals surface area contributed by atoms with Gasteiger partial charge in [0.05, 0.1) is 18.2 Å². The first-order valence-corrected chi connectivity index (χ1v) is 8.40. The van der Waals surface area contributed by atoms with Gasteiger partial charge in [0, 0.05) is 6.20 Å². The lowest BCUT2D eigenvalue weighted by atomic mass is 10.1. The van der Waals surface area contributed by atoms with E-state index < -0.39 is 0 Å². The molecule has 3 heterocycles. The number of nitrogens with zero attached hydrogens (tertiary/aromatic N) is 3. The Kier molecular flexibility index (Phi) is 4.46. The normalized spacial score (nSPS) is 18.6. The predicted molar refractivity (Wildman–Crippen MR) is 92.5 cm³/mol. The summed E-state index contributed by atoms with van der Waals surface area (Å²) in [6.07, 6.45) is 1.57. The van der Waals surface area contributed by atoms with Crippen LogP contribution in [0, 0.1) is 6.92 Å². The summed E-state index contributed by atoms with van der Waals surface area (Å²) < 4.78 is 12.9. The van der Waals surface area contributed by atoms with Gasteiger partial charge in [-0.2, -0.15) is 0 Å². The molecule has 0 spiro atoms. The van der Waals surface area contributed by atoms with Gasteiger partial charge in [-0.1, -0.05) is 19.9 Å². The van der Waals surface area contributed by atoms with E-state index in [0.29, 0.717) is 25.6 Å². The number of carbonyl (C=O) groups is 1. The molecular formula is C18H23N3O3. The van der Waals surface area contributed by atoms with Crippen LogP contribution in [0.1, 0.15) is 26.3 Å². The molecule has 1 aromatic carbocycles. The molecule has 0 saturated carbocycles. The summed E-state index contributed by atoms with van der Waals surface area (Å²) >= 11 is 0. The van der Waals surface area contributed by atoms with E-state index in [9.17, 15) is 4.79 Å². The standard InChI is InChI=1S/C16H17N3O3.C2H6/c1-10-3-4-12-13(7-10)21-6-5-18-8-14(17-15(12)18)19-11(2)9-22-16(19)20;1-2/h3-4,7-8,11H,5-6,9H2,1-2H3;1-2H3/t11-;/m1./s1. The van der Waals surface area contributed by atoms with Crippen molar-refractivity contribution in [3.63, 3.8) is 0 Å². The maximum atomic E-state index is 11.9. The molecule has 0 N–H and O–H groups in total. The van der Waals surface area contributed by atoms with Crippen molar-refractivity contribution in [3.8, 4) is 17.1 Å². The first kappa shape index (κ1) is 16.4. The van der Waals surface area contributed by atoms with Gasteiger partial charge < -0.3 is 14.0 Å². The number of fused-ring (bicyclic) bond motifs is 3. The second kappa shape index (κ2) is 6.55. The molecule has 1 saturated heterocycles. The molecule has 4 rings (SSSR count). The number of amides is 1. The van der Waals surface area contributed by atoms with Crippen LogP contribution in [0.3, 0.4) is 0 Å². The number of imidazole rings is 1. The van der Waals surface area contributed by atoms with E-state index in [2.05, 4.69) is 4.98 Å². The highest BCUT2D eigenvalue weighted by Gasteiger charge is 2.33. The third kappa shape index (κ3) is 2.72. The maximum Gasteiger partial charge on any atom is 0.415 e. The molecular weight excluding hydrogens is 306 g/mol. The van der Waals surface area contributed by atoms with E-state index in [-0.39, 0.29) is 12.1 Å². The fourth-order valence-corrected chi connectivity index (χ4v) is 2.93. The minimum Gasteiger partial charge on any atom is -0.491 e. The molecule has 2 aliphatic rings. The van der Waals surface area contributed by atoms with Gasteiger partial charge in [-0.3, -0.25) is 4.90 Å². The monoisotopic (exact) mass is 329 g/mol. The Morgan fingerprint density at radius 3 is 2.75 bits per heavy atom. The molecule has 1 amide bonds. The number of rotatable bonds is 1. The second-order valence-electron chi connectivity index (χ2n) is 5.76. The van der Waals surface area contributed by atoms with Crippen molar-refractivity contribution in [2.24, 2.45) is 0 Å². The molecule has 2 aromatic rings. The zero-order valence-electron chi connectivity index (χ0n) is 14.6. The van der Waals surface area contributed by atoms with E-state index in [1.807, 2.05) is 56.7 Å². The number of anilines is 1. The Bertz CT molecular complexity index is 754. The van der Waals surface area contributed by atoms with Crippen molar-refractivity contribution in [1.82, 2.24) is 9.55 Å². The molecule has 2 aliphatic heterocycles. The predicted octanol–water partition coefficient (Wildman–Crippen LogP) is 3.62. The quantitative estimate of drug-likeness (QED) is 0.802. The second-order valence-corrected chi connectivity index (χ2v) is 5.76. The van der Waals surface area contributed by atoms with E-state index in [1.165, 1.54) is 0 Å². The van der Waals surface area contributed by atoms with Crippen molar-refractivity contribution in [2.75, 3.05) is 18.1 Å². The minimum absolute atomic E-state index is 0.000351. The summed E-state index contributed by atoms with van der Waals surface area (Å²) in [6.45, 7) is 9.68. The molecule has 0 bridgehead atoms. The lowest BCUT2D eigenvalue weighted by Crippen LogP contribution is -2.31. The third-order valence-electron chi connectivity index (χ3n) is 4.06. The van der Waals surface area contributed by atoms with Gasteiger partial charge >= 0.3 is 6.09 Å². The summed E-state index contributed by atoms with van der Waals surface area (Å²) in [4.78, 5) is 18.2. The fraction of sp³-hybridized carbons (Fsp3) is 0.444. The van der Waals surface area contributed by atoms with Crippen LogP contribution in [-0.2, 0) is 11.3 Å². The first-order valence-electron chi connectivity index (χ1n) is 8.40. The number of hydrogen-bond donors (Lipinski definition) is 0. The summed E-state index contributed by atoms with van der Waals surface area (Å²) in [5.41, 5.74) is 2.10. The largest absolute Gasteiger partial charge is 0.491 e. The molecule has 24 heavy (non-hydrogen) atoms. The van der Waals surface area contributed by atoms with Gasteiger partial charge in [-0.15, -0.1) is 0 Å². The number of carbonyl (C=O) groups excluding carboxylic acids is 1. The maximum absolute atomic E-state index is 11.9. The van der Waals surface area contributed by atoms with Crippen LogP contribution >= 0.6 is 0 Å². The van der Waals surface area contributed by atoms with Crippen molar-refractivity contribution in [2.45, 2.75) is 40.3 Å². The van der Waals surface area contributed by atoms with E-state index in [0.717, 1.165) is 22.7 Å². The van der Waals surface area contributed by atoms with Gasteiger partial charge in [-0.05, 0) is 31.5 Å². The van der Waals surface area contributed by atoms with Crippen LogP contribution in [0.4, 0.5) is 10.6 Å². The summed E-state index contributed by atoms with van der Waals surface area (Å²) in [6, 6.07) is 6.08. The molecule has 128 valence electrons. The summed E-state index contributed by atoms with van der Waals surface area (Å²) in [7, 11) is 0. The highest BCUT2D eigenvalue weighted by atomic mass is 16.6. The minimum atomic E-state index is -0.332. The molecule has 1 aromatic heterocycles. The summed E-state index contributed by atoms with van der Waals surface area (Å²) in [5, 5.41) is 0. The lowest BCUT2D eigenvalue weighted by Gasteiger charge is -2.14.